The molecule has 0 aromatic heterocycles. The van der Waals surface area contributed by atoms with Crippen LogP contribution in [0.1, 0.15) is 15.9 Å². The molecule has 2 aromatic carbocycles. The Hall–Kier alpha value is -2.62. The van der Waals surface area contributed by atoms with E-state index in [-0.39, 0.29) is 12.3 Å². The number of esters is 1. The topological polar surface area (TPSA) is 46.6 Å². The van der Waals surface area contributed by atoms with Crippen LogP contribution in [0.2, 0.25) is 0 Å². The van der Waals surface area contributed by atoms with Crippen LogP contribution in [-0.4, -0.2) is 26.0 Å². The number of nitrogens with zero attached hydrogens (tertiary/aromatic N) is 1. The molecule has 0 fully saturated rings. The fraction of sp³-hybridized carbons (Fsp3) is 0.176. The van der Waals surface area contributed by atoms with E-state index < -0.39 is 5.97 Å². The van der Waals surface area contributed by atoms with Crippen LogP contribution in [0.5, 0.6) is 0 Å². The molecule has 0 unspecified atom stereocenters. The second kappa shape index (κ2) is 6.70. The fourth-order valence-electron chi connectivity index (χ4n) is 2.07. The smallest absolute Gasteiger partial charge is 0.339 e. The molecule has 108 valence electrons. The SMILES string of the molecule is COC(=O)c1ccccc1N(C)C(=O)Cc1ccccc1. The summed E-state index contributed by atoms with van der Waals surface area (Å²) >= 11 is 0. The van der Waals surface area contributed by atoms with Crippen LogP contribution < -0.4 is 4.90 Å². The first-order valence-corrected chi connectivity index (χ1v) is 6.61. The molecule has 4 nitrogen and oxygen atoms in total. The largest absolute Gasteiger partial charge is 0.465 e. The van der Waals surface area contributed by atoms with Crippen LogP contribution in [-0.2, 0) is 16.0 Å². The number of rotatable bonds is 4. The third kappa shape index (κ3) is 3.48. The summed E-state index contributed by atoms with van der Waals surface area (Å²) in [4.78, 5) is 25.6. The molecule has 2 aromatic rings. The predicted octanol–water partition coefficient (Wildman–Crippen LogP) is 2.68. The van der Waals surface area contributed by atoms with E-state index in [4.69, 9.17) is 4.74 Å². The van der Waals surface area contributed by atoms with Crippen LogP contribution >= 0.6 is 0 Å². The maximum absolute atomic E-state index is 12.3. The van der Waals surface area contributed by atoms with Crippen LogP contribution in [0.25, 0.3) is 0 Å². The zero-order chi connectivity index (χ0) is 15.2. The van der Waals surface area contributed by atoms with Crippen LogP contribution in [0.15, 0.2) is 54.6 Å². The molecule has 0 aliphatic heterocycles. The lowest BCUT2D eigenvalue weighted by Crippen LogP contribution is -2.29. The van der Waals surface area contributed by atoms with Gasteiger partial charge >= 0.3 is 5.97 Å². The van der Waals surface area contributed by atoms with Crippen LogP contribution in [0, 0.1) is 0 Å². The molecular weight excluding hydrogens is 266 g/mol. The number of benzene rings is 2. The minimum atomic E-state index is -0.454. The Kier molecular flexibility index (Phi) is 4.72. The summed E-state index contributed by atoms with van der Waals surface area (Å²) in [6.07, 6.45) is 0.285. The maximum atomic E-state index is 12.3. The summed E-state index contributed by atoms with van der Waals surface area (Å²) < 4.78 is 4.75. The third-order valence-electron chi connectivity index (χ3n) is 3.24. The molecule has 0 aliphatic rings. The maximum Gasteiger partial charge on any atom is 0.339 e. The lowest BCUT2D eigenvalue weighted by Gasteiger charge is -2.20. The van der Waals surface area contributed by atoms with E-state index in [0.717, 1.165) is 5.56 Å². The molecule has 0 heterocycles. The van der Waals surface area contributed by atoms with Crippen molar-refractivity contribution in [3.63, 3.8) is 0 Å². The normalized spacial score (nSPS) is 10.0. The number of anilines is 1. The van der Waals surface area contributed by atoms with Crippen molar-refractivity contribution >= 4 is 17.6 Å². The summed E-state index contributed by atoms with van der Waals surface area (Å²) in [6, 6.07) is 16.4. The first kappa shape index (κ1) is 14.8. The molecule has 2 rings (SSSR count). The van der Waals surface area contributed by atoms with Crippen molar-refractivity contribution in [1.82, 2.24) is 0 Å². The molecule has 0 saturated carbocycles. The van der Waals surface area contributed by atoms with Crippen LogP contribution in [0.4, 0.5) is 5.69 Å². The third-order valence-corrected chi connectivity index (χ3v) is 3.24. The Morgan fingerprint density at radius 2 is 1.62 bits per heavy atom. The van der Waals surface area contributed by atoms with Gasteiger partial charge in [0.2, 0.25) is 5.91 Å². The lowest BCUT2D eigenvalue weighted by atomic mass is 10.1. The minimum absolute atomic E-state index is 0.0856. The van der Waals surface area contributed by atoms with Crippen molar-refractivity contribution in [3.05, 3.63) is 65.7 Å². The number of para-hydroxylation sites is 1. The highest BCUT2D eigenvalue weighted by Gasteiger charge is 2.18. The summed E-state index contributed by atoms with van der Waals surface area (Å²) in [6.45, 7) is 0. The van der Waals surface area contributed by atoms with Gasteiger partial charge < -0.3 is 9.64 Å². The molecule has 0 saturated heterocycles. The second-order valence-electron chi connectivity index (χ2n) is 4.62. The number of ether oxygens (including phenoxy) is 1. The number of methoxy groups -OCH3 is 1. The second-order valence-corrected chi connectivity index (χ2v) is 4.62. The number of carbonyl (C=O) groups is 2. The summed E-state index contributed by atoms with van der Waals surface area (Å²) in [5, 5.41) is 0. The Bertz CT molecular complexity index is 637. The van der Waals surface area contributed by atoms with Crippen LogP contribution in [0.3, 0.4) is 0 Å². The predicted molar refractivity (Wildman–Crippen MR) is 81.3 cm³/mol. The highest BCUT2D eigenvalue weighted by molar-refractivity contribution is 6.02. The van der Waals surface area contributed by atoms with Gasteiger partial charge in [-0.15, -0.1) is 0 Å². The van der Waals surface area contributed by atoms with Gasteiger partial charge in [0.05, 0.1) is 24.8 Å². The van der Waals surface area contributed by atoms with Crippen molar-refractivity contribution in [3.8, 4) is 0 Å². The molecule has 4 heteroatoms. The molecule has 0 N–H and O–H groups in total. The summed E-state index contributed by atoms with van der Waals surface area (Å²) in [5.74, 6) is -0.539. The van der Waals surface area contributed by atoms with E-state index in [1.165, 1.54) is 12.0 Å². The molecular formula is C17H17NO3. The monoisotopic (exact) mass is 283 g/mol. The Morgan fingerprint density at radius 3 is 2.29 bits per heavy atom. The van der Waals surface area contributed by atoms with Gasteiger partial charge in [0.15, 0.2) is 0 Å². The van der Waals surface area contributed by atoms with Gasteiger partial charge in [-0.1, -0.05) is 42.5 Å². The molecule has 21 heavy (non-hydrogen) atoms. The van der Waals surface area contributed by atoms with Gasteiger partial charge in [0.25, 0.3) is 0 Å². The number of likely N-dealkylation sites (N-methyl/N-ethyl adjacent to an activating group) is 1. The molecule has 0 bridgehead atoms. The zero-order valence-corrected chi connectivity index (χ0v) is 12.1. The molecule has 1 amide bonds. The Labute approximate surface area is 124 Å². The number of hydrogen-bond donors (Lipinski definition) is 0. The molecule has 0 atom stereocenters. The average molecular weight is 283 g/mol. The Balaban J connectivity index is 2.22. The van der Waals surface area contributed by atoms with E-state index in [0.29, 0.717) is 11.3 Å². The number of amides is 1. The standard InChI is InChI=1S/C17H17NO3/c1-18(16(19)12-13-8-4-3-5-9-13)15-11-7-6-10-14(15)17(20)21-2/h3-11H,12H2,1-2H3. The van der Waals surface area contributed by atoms with Crippen molar-refractivity contribution in [2.75, 3.05) is 19.1 Å². The van der Waals surface area contributed by atoms with E-state index in [1.807, 2.05) is 30.3 Å². The van der Waals surface area contributed by atoms with E-state index in [1.54, 1.807) is 31.3 Å². The van der Waals surface area contributed by atoms with Gasteiger partial charge in [-0.2, -0.15) is 0 Å². The summed E-state index contributed by atoms with van der Waals surface area (Å²) in [5.41, 5.74) is 1.86. The van der Waals surface area contributed by atoms with Gasteiger partial charge in [-0.25, -0.2) is 4.79 Å². The van der Waals surface area contributed by atoms with Gasteiger partial charge in [0, 0.05) is 7.05 Å². The van der Waals surface area contributed by atoms with Crippen molar-refractivity contribution < 1.29 is 14.3 Å². The first-order valence-electron chi connectivity index (χ1n) is 6.61. The highest BCUT2D eigenvalue weighted by atomic mass is 16.5. The Morgan fingerprint density at radius 1 is 1.00 bits per heavy atom. The first-order chi connectivity index (χ1) is 10.1. The highest BCUT2D eigenvalue weighted by Crippen LogP contribution is 2.20. The zero-order valence-electron chi connectivity index (χ0n) is 12.1. The summed E-state index contributed by atoms with van der Waals surface area (Å²) in [7, 11) is 2.98. The quantitative estimate of drug-likeness (QED) is 0.810. The van der Waals surface area contributed by atoms with E-state index >= 15 is 0 Å². The molecule has 0 aliphatic carbocycles. The van der Waals surface area contributed by atoms with E-state index in [2.05, 4.69) is 0 Å². The van der Waals surface area contributed by atoms with Crippen molar-refractivity contribution in [2.24, 2.45) is 0 Å². The van der Waals surface area contributed by atoms with Crippen molar-refractivity contribution in [2.45, 2.75) is 6.42 Å². The molecule has 0 radical (unpaired) electrons. The number of hydrogen-bond acceptors (Lipinski definition) is 3. The number of carbonyl (C=O) groups excluding carboxylic acids is 2. The van der Waals surface area contributed by atoms with E-state index in [9.17, 15) is 9.59 Å². The van der Waals surface area contributed by atoms with Crippen molar-refractivity contribution in [1.29, 1.82) is 0 Å². The van der Waals surface area contributed by atoms with Gasteiger partial charge in [-0.3, -0.25) is 4.79 Å². The van der Waals surface area contributed by atoms with Gasteiger partial charge in [-0.05, 0) is 17.7 Å². The lowest BCUT2D eigenvalue weighted by molar-refractivity contribution is -0.117. The minimum Gasteiger partial charge on any atom is -0.465 e. The fourth-order valence-corrected chi connectivity index (χ4v) is 2.07. The average Bonchev–Trinajstić information content (AvgIpc) is 2.54. The van der Waals surface area contributed by atoms with Gasteiger partial charge in [0.1, 0.15) is 0 Å². The molecule has 0 spiro atoms.